The zero-order valence-electron chi connectivity index (χ0n) is 13.1. The summed E-state index contributed by atoms with van der Waals surface area (Å²) in [6.45, 7) is 6.55. The first kappa shape index (κ1) is 15.9. The number of fused-ring (bicyclic) bond motifs is 1. The number of pyridine rings is 1. The van der Waals surface area contributed by atoms with Crippen molar-refractivity contribution in [3.05, 3.63) is 30.5 Å². The highest BCUT2D eigenvalue weighted by atomic mass is 16.6. The lowest BCUT2D eigenvalue weighted by atomic mass is 10.1. The summed E-state index contributed by atoms with van der Waals surface area (Å²) in [6, 6.07) is 7.50. The minimum Gasteiger partial charge on any atom is -0.444 e. The average Bonchev–Trinajstić information content (AvgIpc) is 2.41. The minimum atomic E-state index is -0.487. The van der Waals surface area contributed by atoms with Gasteiger partial charge in [0, 0.05) is 36.0 Å². The Labute approximate surface area is 130 Å². The summed E-state index contributed by atoms with van der Waals surface area (Å²) in [4.78, 5) is 15.8. The number of alkyl carbamates (subject to hydrolysis) is 1. The fourth-order valence-corrected chi connectivity index (χ4v) is 2.00. The molecule has 0 atom stereocenters. The molecule has 0 aliphatic heterocycles. The first-order valence-corrected chi connectivity index (χ1v) is 7.20. The molecular formula is C16H22N4O2. The molecule has 1 aromatic heterocycles. The second-order valence-corrected chi connectivity index (χ2v) is 5.99. The number of hydrogen-bond acceptors (Lipinski definition) is 5. The number of carbonyl (C=O) groups excluding carboxylic acids is 1. The lowest BCUT2D eigenvalue weighted by Crippen LogP contribution is -2.35. The highest BCUT2D eigenvalue weighted by Crippen LogP contribution is 2.22. The zero-order chi connectivity index (χ0) is 16.2. The third-order valence-electron chi connectivity index (χ3n) is 2.88. The molecule has 6 heteroatoms. The van der Waals surface area contributed by atoms with E-state index in [0.717, 1.165) is 16.6 Å². The molecule has 0 saturated carbocycles. The third kappa shape index (κ3) is 4.51. The van der Waals surface area contributed by atoms with Crippen LogP contribution < -0.4 is 16.4 Å². The van der Waals surface area contributed by atoms with E-state index < -0.39 is 11.7 Å². The average molecular weight is 302 g/mol. The number of nitrogens with zero attached hydrogens (tertiary/aromatic N) is 1. The summed E-state index contributed by atoms with van der Waals surface area (Å²) < 4.78 is 5.17. The Bertz CT molecular complexity index is 665. The van der Waals surface area contributed by atoms with Crippen LogP contribution in [-0.4, -0.2) is 29.8 Å². The molecule has 0 aliphatic carbocycles. The molecule has 0 saturated heterocycles. The van der Waals surface area contributed by atoms with Crippen molar-refractivity contribution in [1.29, 1.82) is 0 Å². The Balaban J connectivity index is 1.89. The molecule has 0 fully saturated rings. The molecule has 0 aliphatic rings. The molecule has 6 nitrogen and oxygen atoms in total. The van der Waals surface area contributed by atoms with Gasteiger partial charge in [-0.3, -0.25) is 4.98 Å². The van der Waals surface area contributed by atoms with Crippen molar-refractivity contribution in [2.75, 3.05) is 24.1 Å². The van der Waals surface area contributed by atoms with Crippen molar-refractivity contribution in [2.45, 2.75) is 26.4 Å². The molecule has 1 amide bonds. The summed E-state index contributed by atoms with van der Waals surface area (Å²) in [7, 11) is 0. The first-order chi connectivity index (χ1) is 10.3. The van der Waals surface area contributed by atoms with Gasteiger partial charge in [0.1, 0.15) is 5.60 Å². The SMILES string of the molecule is CC(C)(C)OC(=O)NCCNc1ccnc2cc(N)ccc12. The van der Waals surface area contributed by atoms with Crippen LogP contribution in [0.4, 0.5) is 16.2 Å². The summed E-state index contributed by atoms with van der Waals surface area (Å²) >= 11 is 0. The van der Waals surface area contributed by atoms with Crippen LogP contribution >= 0.6 is 0 Å². The molecule has 22 heavy (non-hydrogen) atoms. The van der Waals surface area contributed by atoms with Gasteiger partial charge in [-0.1, -0.05) is 0 Å². The van der Waals surface area contributed by atoms with Crippen LogP contribution in [-0.2, 0) is 4.74 Å². The van der Waals surface area contributed by atoms with E-state index in [9.17, 15) is 4.79 Å². The maximum Gasteiger partial charge on any atom is 0.407 e. The molecule has 1 aromatic carbocycles. The fraction of sp³-hybridized carbons (Fsp3) is 0.375. The molecule has 2 aromatic rings. The van der Waals surface area contributed by atoms with Gasteiger partial charge in [-0.05, 0) is 45.0 Å². The number of nitrogens with one attached hydrogen (secondary N) is 2. The number of rotatable bonds is 4. The van der Waals surface area contributed by atoms with Crippen LogP contribution in [0.5, 0.6) is 0 Å². The van der Waals surface area contributed by atoms with Gasteiger partial charge in [0.25, 0.3) is 0 Å². The zero-order valence-corrected chi connectivity index (χ0v) is 13.1. The van der Waals surface area contributed by atoms with Crippen LogP contribution in [0, 0.1) is 0 Å². The van der Waals surface area contributed by atoms with Crippen LogP contribution in [0.25, 0.3) is 10.9 Å². The minimum absolute atomic E-state index is 0.415. The van der Waals surface area contributed by atoms with E-state index in [0.29, 0.717) is 18.8 Å². The first-order valence-electron chi connectivity index (χ1n) is 7.20. The standard InChI is InChI=1S/C16H22N4O2/c1-16(2,3)22-15(21)20-9-8-19-13-6-7-18-14-10-11(17)4-5-12(13)14/h4-7,10H,8-9,17H2,1-3H3,(H,18,19)(H,20,21). The molecule has 1 heterocycles. The highest BCUT2D eigenvalue weighted by molar-refractivity contribution is 5.92. The number of aromatic nitrogens is 1. The van der Waals surface area contributed by atoms with E-state index in [2.05, 4.69) is 15.6 Å². The van der Waals surface area contributed by atoms with Crippen molar-refractivity contribution >= 4 is 28.4 Å². The monoisotopic (exact) mass is 302 g/mol. The van der Waals surface area contributed by atoms with Crippen molar-refractivity contribution in [3.63, 3.8) is 0 Å². The Morgan fingerprint density at radius 2 is 2.05 bits per heavy atom. The molecule has 0 unspecified atom stereocenters. The Hall–Kier alpha value is -2.50. The number of carbonyl (C=O) groups is 1. The fourth-order valence-electron chi connectivity index (χ4n) is 2.00. The lowest BCUT2D eigenvalue weighted by Gasteiger charge is -2.19. The predicted octanol–water partition coefficient (Wildman–Crippen LogP) is 2.75. The van der Waals surface area contributed by atoms with Crippen LogP contribution in [0.2, 0.25) is 0 Å². The van der Waals surface area contributed by atoms with E-state index >= 15 is 0 Å². The number of nitrogen functional groups attached to an aromatic ring is 1. The van der Waals surface area contributed by atoms with Crippen LogP contribution in [0.15, 0.2) is 30.5 Å². The summed E-state index contributed by atoms with van der Waals surface area (Å²) in [5, 5.41) is 6.98. The smallest absolute Gasteiger partial charge is 0.407 e. The number of nitrogens with two attached hydrogens (primary N) is 1. The Kier molecular flexibility index (Phi) is 4.70. The van der Waals surface area contributed by atoms with Gasteiger partial charge < -0.3 is 21.1 Å². The quantitative estimate of drug-likeness (QED) is 0.597. The van der Waals surface area contributed by atoms with E-state index in [1.165, 1.54) is 0 Å². The molecule has 118 valence electrons. The molecule has 4 N–H and O–H groups in total. The predicted molar refractivity (Wildman–Crippen MR) is 88.9 cm³/mol. The molecule has 0 radical (unpaired) electrons. The molecule has 2 rings (SSSR count). The van der Waals surface area contributed by atoms with E-state index in [4.69, 9.17) is 10.5 Å². The maximum atomic E-state index is 11.5. The van der Waals surface area contributed by atoms with Crippen molar-refractivity contribution in [1.82, 2.24) is 10.3 Å². The van der Waals surface area contributed by atoms with Crippen LogP contribution in [0.3, 0.4) is 0 Å². The number of ether oxygens (including phenoxy) is 1. The largest absolute Gasteiger partial charge is 0.444 e. The van der Waals surface area contributed by atoms with Gasteiger partial charge in [0.05, 0.1) is 5.52 Å². The summed E-state index contributed by atoms with van der Waals surface area (Å²) in [6.07, 6.45) is 1.31. The third-order valence-corrected chi connectivity index (χ3v) is 2.88. The van der Waals surface area contributed by atoms with E-state index in [-0.39, 0.29) is 0 Å². The molecule has 0 spiro atoms. The normalized spacial score (nSPS) is 11.2. The summed E-state index contributed by atoms with van der Waals surface area (Å²) in [5.74, 6) is 0. The Morgan fingerprint density at radius 1 is 1.27 bits per heavy atom. The van der Waals surface area contributed by atoms with Gasteiger partial charge in [-0.25, -0.2) is 4.79 Å². The van der Waals surface area contributed by atoms with Gasteiger partial charge in [0.2, 0.25) is 0 Å². The highest BCUT2D eigenvalue weighted by Gasteiger charge is 2.15. The van der Waals surface area contributed by atoms with Crippen molar-refractivity contribution < 1.29 is 9.53 Å². The van der Waals surface area contributed by atoms with Gasteiger partial charge in [-0.2, -0.15) is 0 Å². The van der Waals surface area contributed by atoms with Gasteiger partial charge in [0.15, 0.2) is 0 Å². The number of anilines is 2. The number of amides is 1. The van der Waals surface area contributed by atoms with Gasteiger partial charge in [-0.15, -0.1) is 0 Å². The number of hydrogen-bond donors (Lipinski definition) is 3. The molecule has 0 bridgehead atoms. The van der Waals surface area contributed by atoms with Crippen LogP contribution in [0.1, 0.15) is 20.8 Å². The van der Waals surface area contributed by atoms with Gasteiger partial charge >= 0.3 is 6.09 Å². The lowest BCUT2D eigenvalue weighted by molar-refractivity contribution is 0.0530. The van der Waals surface area contributed by atoms with E-state index in [1.807, 2.05) is 45.0 Å². The topological polar surface area (TPSA) is 89.3 Å². The van der Waals surface area contributed by atoms with Crippen molar-refractivity contribution in [2.24, 2.45) is 0 Å². The Morgan fingerprint density at radius 3 is 2.77 bits per heavy atom. The second kappa shape index (κ2) is 6.51. The van der Waals surface area contributed by atoms with Crippen molar-refractivity contribution in [3.8, 4) is 0 Å². The summed E-state index contributed by atoms with van der Waals surface area (Å²) in [5.41, 5.74) is 7.75. The van der Waals surface area contributed by atoms with E-state index in [1.54, 1.807) is 6.20 Å². The molecular weight excluding hydrogens is 280 g/mol. The number of benzene rings is 1. The second-order valence-electron chi connectivity index (χ2n) is 5.99. The maximum absolute atomic E-state index is 11.5.